The summed E-state index contributed by atoms with van der Waals surface area (Å²) in [5.74, 6) is -0.510. The smallest absolute Gasteiger partial charge is 0.156 e. The monoisotopic (exact) mass is 253 g/mol. The van der Waals surface area contributed by atoms with Crippen molar-refractivity contribution in [1.82, 2.24) is 5.48 Å². The highest BCUT2D eigenvalue weighted by Crippen LogP contribution is 2.26. The average Bonchev–Trinajstić information content (AvgIpc) is 2.07. The van der Waals surface area contributed by atoms with E-state index in [4.69, 9.17) is 16.8 Å². The topological polar surface area (TPSA) is 32.3 Å². The third kappa shape index (κ3) is 1.95. The molecular weight excluding hydrogens is 248 g/mol. The lowest BCUT2D eigenvalue weighted by atomic mass is 10.2. The van der Waals surface area contributed by atoms with Crippen LogP contribution in [0.25, 0.3) is 0 Å². The van der Waals surface area contributed by atoms with E-state index in [-0.39, 0.29) is 11.6 Å². The zero-order chi connectivity index (χ0) is 9.14. The highest BCUT2D eigenvalue weighted by Gasteiger charge is 2.08. The largest absolute Gasteiger partial charge is 0.316 e. The number of hydroxylamine groups is 1. The SMILES string of the molecule is ONCc1ccc(Br)c(F)c1Cl. The van der Waals surface area contributed by atoms with Crippen molar-refractivity contribution in [2.45, 2.75) is 6.54 Å². The van der Waals surface area contributed by atoms with E-state index in [9.17, 15) is 4.39 Å². The van der Waals surface area contributed by atoms with E-state index in [2.05, 4.69) is 15.9 Å². The fraction of sp³-hybridized carbons (Fsp3) is 0.143. The van der Waals surface area contributed by atoms with Gasteiger partial charge in [-0.15, -0.1) is 0 Å². The summed E-state index contributed by atoms with van der Waals surface area (Å²) in [6.07, 6.45) is 0. The standard InChI is InChI=1S/C7H6BrClFNO/c8-5-2-1-4(3-11-12)6(9)7(5)10/h1-2,11-12H,3H2. The van der Waals surface area contributed by atoms with Crippen LogP contribution in [0.1, 0.15) is 5.56 Å². The van der Waals surface area contributed by atoms with E-state index >= 15 is 0 Å². The van der Waals surface area contributed by atoms with Gasteiger partial charge in [-0.2, -0.15) is 0 Å². The van der Waals surface area contributed by atoms with E-state index in [0.29, 0.717) is 10.0 Å². The van der Waals surface area contributed by atoms with Crippen molar-refractivity contribution in [3.63, 3.8) is 0 Å². The maximum atomic E-state index is 13.0. The van der Waals surface area contributed by atoms with Gasteiger partial charge in [-0.05, 0) is 27.6 Å². The van der Waals surface area contributed by atoms with E-state index in [1.807, 2.05) is 5.48 Å². The summed E-state index contributed by atoms with van der Waals surface area (Å²) in [6, 6.07) is 3.16. The molecule has 0 bridgehead atoms. The lowest BCUT2D eigenvalue weighted by Crippen LogP contribution is -2.07. The van der Waals surface area contributed by atoms with Crippen LogP contribution in [0.5, 0.6) is 0 Å². The zero-order valence-electron chi connectivity index (χ0n) is 5.94. The summed E-state index contributed by atoms with van der Waals surface area (Å²) in [5, 5.41) is 8.38. The molecule has 0 saturated heterocycles. The van der Waals surface area contributed by atoms with Crippen LogP contribution in [0.4, 0.5) is 4.39 Å². The predicted octanol–water partition coefficient (Wildman–Crippen LogP) is 2.72. The maximum absolute atomic E-state index is 13.0. The molecule has 2 N–H and O–H groups in total. The van der Waals surface area contributed by atoms with Gasteiger partial charge in [0.2, 0.25) is 0 Å². The first-order valence-electron chi connectivity index (χ1n) is 3.16. The Morgan fingerprint density at radius 1 is 1.58 bits per heavy atom. The second kappa shape index (κ2) is 4.18. The van der Waals surface area contributed by atoms with Crippen molar-refractivity contribution in [2.75, 3.05) is 0 Å². The lowest BCUT2D eigenvalue weighted by molar-refractivity contribution is 0.161. The summed E-state index contributed by atoms with van der Waals surface area (Å²) in [4.78, 5) is 0. The minimum atomic E-state index is -0.510. The molecule has 0 fully saturated rings. The molecule has 0 radical (unpaired) electrons. The van der Waals surface area contributed by atoms with Gasteiger partial charge in [-0.3, -0.25) is 0 Å². The van der Waals surface area contributed by atoms with Crippen molar-refractivity contribution >= 4 is 27.5 Å². The first kappa shape index (κ1) is 9.92. The Labute approximate surface area is 82.4 Å². The summed E-state index contributed by atoms with van der Waals surface area (Å²) >= 11 is 8.61. The Bertz CT molecular complexity index is 295. The first-order valence-corrected chi connectivity index (χ1v) is 4.33. The molecule has 1 rings (SSSR count). The van der Waals surface area contributed by atoms with Crippen LogP contribution >= 0.6 is 27.5 Å². The van der Waals surface area contributed by atoms with Crippen LogP contribution < -0.4 is 5.48 Å². The van der Waals surface area contributed by atoms with Crippen LogP contribution in [-0.4, -0.2) is 5.21 Å². The van der Waals surface area contributed by atoms with E-state index in [0.717, 1.165) is 0 Å². The Balaban J connectivity index is 3.08. The molecule has 0 unspecified atom stereocenters. The molecule has 0 saturated carbocycles. The van der Waals surface area contributed by atoms with Crippen molar-refractivity contribution < 1.29 is 9.60 Å². The zero-order valence-corrected chi connectivity index (χ0v) is 8.28. The van der Waals surface area contributed by atoms with Gasteiger partial charge >= 0.3 is 0 Å². The molecule has 2 nitrogen and oxygen atoms in total. The number of nitrogens with one attached hydrogen (secondary N) is 1. The Morgan fingerprint density at radius 3 is 2.83 bits per heavy atom. The highest BCUT2D eigenvalue weighted by molar-refractivity contribution is 9.10. The molecule has 1 aromatic carbocycles. The second-order valence-electron chi connectivity index (χ2n) is 2.17. The van der Waals surface area contributed by atoms with Gasteiger partial charge in [-0.1, -0.05) is 17.7 Å². The lowest BCUT2D eigenvalue weighted by Gasteiger charge is -2.04. The van der Waals surface area contributed by atoms with E-state index < -0.39 is 5.82 Å². The van der Waals surface area contributed by atoms with Crippen molar-refractivity contribution in [2.24, 2.45) is 0 Å². The van der Waals surface area contributed by atoms with Crippen LogP contribution in [0.15, 0.2) is 16.6 Å². The molecule has 66 valence electrons. The van der Waals surface area contributed by atoms with Gasteiger partial charge in [0, 0.05) is 6.54 Å². The number of benzene rings is 1. The first-order chi connectivity index (χ1) is 5.66. The molecule has 5 heteroatoms. The Kier molecular flexibility index (Phi) is 3.46. The van der Waals surface area contributed by atoms with Crippen molar-refractivity contribution in [1.29, 1.82) is 0 Å². The molecule has 0 atom stereocenters. The minimum absolute atomic E-state index is 0.0194. The van der Waals surface area contributed by atoms with Crippen molar-refractivity contribution in [3.05, 3.63) is 33.0 Å². The Hall–Kier alpha value is -0.160. The highest BCUT2D eigenvalue weighted by atomic mass is 79.9. The van der Waals surface area contributed by atoms with E-state index in [1.165, 1.54) is 6.07 Å². The molecule has 0 aromatic heterocycles. The molecule has 0 aliphatic carbocycles. The molecule has 0 heterocycles. The average molecular weight is 254 g/mol. The fourth-order valence-electron chi connectivity index (χ4n) is 0.788. The van der Waals surface area contributed by atoms with Crippen LogP contribution in [0.2, 0.25) is 5.02 Å². The molecule has 0 aliphatic rings. The van der Waals surface area contributed by atoms with E-state index in [1.54, 1.807) is 6.07 Å². The van der Waals surface area contributed by atoms with Gasteiger partial charge in [0.1, 0.15) is 0 Å². The summed E-state index contributed by atoms with van der Waals surface area (Å²) in [6.45, 7) is 0.128. The molecule has 1 aromatic rings. The second-order valence-corrected chi connectivity index (χ2v) is 3.40. The molecule has 0 spiro atoms. The summed E-state index contributed by atoms with van der Waals surface area (Å²) in [5.41, 5.74) is 2.42. The minimum Gasteiger partial charge on any atom is -0.316 e. The van der Waals surface area contributed by atoms with Gasteiger partial charge in [0.25, 0.3) is 0 Å². The fourth-order valence-corrected chi connectivity index (χ4v) is 1.46. The molecule has 12 heavy (non-hydrogen) atoms. The molecule has 0 amide bonds. The van der Waals surface area contributed by atoms with Crippen LogP contribution in [0, 0.1) is 5.82 Å². The summed E-state index contributed by atoms with van der Waals surface area (Å²) < 4.78 is 13.3. The van der Waals surface area contributed by atoms with Crippen LogP contribution in [-0.2, 0) is 6.54 Å². The van der Waals surface area contributed by atoms with Gasteiger partial charge in [-0.25, -0.2) is 9.87 Å². The maximum Gasteiger partial charge on any atom is 0.156 e. The van der Waals surface area contributed by atoms with Gasteiger partial charge < -0.3 is 5.21 Å². The Morgan fingerprint density at radius 2 is 2.25 bits per heavy atom. The van der Waals surface area contributed by atoms with Gasteiger partial charge in [0.15, 0.2) is 5.82 Å². The number of hydrogen-bond donors (Lipinski definition) is 2. The third-order valence-electron chi connectivity index (χ3n) is 1.38. The van der Waals surface area contributed by atoms with Crippen LogP contribution in [0.3, 0.4) is 0 Å². The number of hydrogen-bond acceptors (Lipinski definition) is 2. The number of halogens is 3. The summed E-state index contributed by atoms with van der Waals surface area (Å²) in [7, 11) is 0. The normalized spacial score (nSPS) is 10.3. The van der Waals surface area contributed by atoms with Gasteiger partial charge in [0.05, 0.1) is 9.50 Å². The van der Waals surface area contributed by atoms with Crippen molar-refractivity contribution in [3.8, 4) is 0 Å². The molecule has 0 aliphatic heterocycles. The molecular formula is C7H6BrClFNO. The third-order valence-corrected chi connectivity index (χ3v) is 2.41. The predicted molar refractivity (Wildman–Crippen MR) is 47.7 cm³/mol. The quantitative estimate of drug-likeness (QED) is 0.628. The number of rotatable bonds is 2.